The SMILES string of the molecule is CCc1cccc(N2CC(C(=O)Nc3ccc(C(=O)OC)cc3)CC2=O)c1. The monoisotopic (exact) mass is 366 g/mol. The lowest BCUT2D eigenvalue weighted by Crippen LogP contribution is -2.28. The Morgan fingerprint density at radius 1 is 1.19 bits per heavy atom. The molecule has 0 saturated carbocycles. The van der Waals surface area contributed by atoms with Crippen molar-refractivity contribution in [3.05, 3.63) is 59.7 Å². The highest BCUT2D eigenvalue weighted by molar-refractivity contribution is 6.03. The van der Waals surface area contributed by atoms with Gasteiger partial charge in [0, 0.05) is 24.3 Å². The summed E-state index contributed by atoms with van der Waals surface area (Å²) in [5.74, 6) is -1.10. The first-order chi connectivity index (χ1) is 13.0. The van der Waals surface area contributed by atoms with Crippen LogP contribution in [0.15, 0.2) is 48.5 Å². The number of hydrogen-bond donors (Lipinski definition) is 1. The largest absolute Gasteiger partial charge is 0.465 e. The van der Waals surface area contributed by atoms with Crippen LogP contribution in [0.1, 0.15) is 29.3 Å². The number of hydrogen-bond acceptors (Lipinski definition) is 4. The third-order valence-corrected chi connectivity index (χ3v) is 4.70. The summed E-state index contributed by atoms with van der Waals surface area (Å²) in [6.07, 6.45) is 1.07. The molecule has 2 aromatic carbocycles. The zero-order valence-electron chi connectivity index (χ0n) is 15.4. The molecular weight excluding hydrogens is 344 g/mol. The average Bonchev–Trinajstić information content (AvgIpc) is 3.10. The molecule has 0 aromatic heterocycles. The van der Waals surface area contributed by atoms with Gasteiger partial charge in [-0.1, -0.05) is 19.1 Å². The minimum Gasteiger partial charge on any atom is -0.465 e. The van der Waals surface area contributed by atoms with E-state index in [-0.39, 0.29) is 18.2 Å². The second-order valence-electron chi connectivity index (χ2n) is 6.49. The lowest BCUT2D eigenvalue weighted by Gasteiger charge is -2.17. The van der Waals surface area contributed by atoms with Crippen molar-refractivity contribution < 1.29 is 19.1 Å². The lowest BCUT2D eigenvalue weighted by atomic mass is 10.1. The molecule has 0 spiro atoms. The number of carbonyl (C=O) groups is 3. The van der Waals surface area contributed by atoms with Gasteiger partial charge in [-0.15, -0.1) is 0 Å². The number of rotatable bonds is 5. The molecule has 1 unspecified atom stereocenters. The smallest absolute Gasteiger partial charge is 0.337 e. The summed E-state index contributed by atoms with van der Waals surface area (Å²) in [5.41, 5.74) is 2.97. The topological polar surface area (TPSA) is 75.7 Å². The van der Waals surface area contributed by atoms with Crippen LogP contribution in [-0.4, -0.2) is 31.4 Å². The van der Waals surface area contributed by atoms with Crippen LogP contribution in [0.5, 0.6) is 0 Å². The van der Waals surface area contributed by atoms with Crippen LogP contribution >= 0.6 is 0 Å². The van der Waals surface area contributed by atoms with Gasteiger partial charge in [-0.3, -0.25) is 9.59 Å². The zero-order valence-corrected chi connectivity index (χ0v) is 15.4. The van der Waals surface area contributed by atoms with E-state index in [1.54, 1.807) is 29.2 Å². The standard InChI is InChI=1S/C21H22N2O4/c1-3-14-5-4-6-18(11-14)23-13-16(12-19(23)24)20(25)22-17-9-7-15(8-10-17)21(26)27-2/h4-11,16H,3,12-13H2,1-2H3,(H,22,25). The average molecular weight is 366 g/mol. The normalized spacial score (nSPS) is 16.3. The van der Waals surface area contributed by atoms with Gasteiger partial charge < -0.3 is 15.0 Å². The van der Waals surface area contributed by atoms with Gasteiger partial charge in [0.05, 0.1) is 18.6 Å². The van der Waals surface area contributed by atoms with Crippen molar-refractivity contribution in [1.29, 1.82) is 0 Å². The second kappa shape index (κ2) is 8.03. The molecule has 0 aliphatic carbocycles. The first-order valence-corrected chi connectivity index (χ1v) is 8.90. The highest BCUT2D eigenvalue weighted by atomic mass is 16.5. The molecule has 3 rings (SSSR count). The van der Waals surface area contributed by atoms with Crippen molar-refractivity contribution in [3.63, 3.8) is 0 Å². The molecule has 1 saturated heterocycles. The molecule has 27 heavy (non-hydrogen) atoms. The number of ether oxygens (including phenoxy) is 1. The van der Waals surface area contributed by atoms with Crippen molar-refractivity contribution >= 4 is 29.2 Å². The number of nitrogens with one attached hydrogen (secondary N) is 1. The molecule has 140 valence electrons. The van der Waals surface area contributed by atoms with Crippen LogP contribution in [-0.2, 0) is 20.7 Å². The Kier molecular flexibility index (Phi) is 5.54. The lowest BCUT2D eigenvalue weighted by molar-refractivity contribution is -0.122. The first-order valence-electron chi connectivity index (χ1n) is 8.90. The number of aryl methyl sites for hydroxylation is 1. The van der Waals surface area contributed by atoms with Gasteiger partial charge >= 0.3 is 5.97 Å². The van der Waals surface area contributed by atoms with Crippen LogP contribution in [0.3, 0.4) is 0 Å². The number of nitrogens with zero attached hydrogens (tertiary/aromatic N) is 1. The minimum atomic E-state index is -0.431. The van der Waals surface area contributed by atoms with Crippen LogP contribution < -0.4 is 10.2 Å². The Labute approximate surface area is 158 Å². The predicted octanol–water partition coefficient (Wildman–Crippen LogP) is 3.03. The first kappa shape index (κ1) is 18.6. The molecule has 1 N–H and O–H groups in total. The molecule has 1 aliphatic heterocycles. The van der Waals surface area contributed by atoms with Gasteiger partial charge in [0.1, 0.15) is 0 Å². The van der Waals surface area contributed by atoms with E-state index in [1.165, 1.54) is 7.11 Å². The fourth-order valence-corrected chi connectivity index (χ4v) is 3.13. The van der Waals surface area contributed by atoms with Crippen LogP contribution in [0.25, 0.3) is 0 Å². The van der Waals surface area contributed by atoms with Crippen LogP contribution in [0.4, 0.5) is 11.4 Å². The molecule has 0 bridgehead atoms. The molecule has 1 heterocycles. The summed E-state index contributed by atoms with van der Waals surface area (Å²) in [4.78, 5) is 38.1. The maximum Gasteiger partial charge on any atom is 0.337 e. The van der Waals surface area contributed by atoms with E-state index in [0.717, 1.165) is 17.7 Å². The van der Waals surface area contributed by atoms with E-state index in [9.17, 15) is 14.4 Å². The van der Waals surface area contributed by atoms with Crippen molar-refractivity contribution in [2.45, 2.75) is 19.8 Å². The summed E-state index contributed by atoms with van der Waals surface area (Å²) in [6.45, 7) is 2.42. The predicted molar refractivity (Wildman–Crippen MR) is 103 cm³/mol. The molecular formula is C21H22N2O4. The summed E-state index contributed by atoms with van der Waals surface area (Å²) in [6, 6.07) is 14.3. The van der Waals surface area contributed by atoms with Crippen LogP contribution in [0.2, 0.25) is 0 Å². The van der Waals surface area contributed by atoms with Crippen LogP contribution in [0, 0.1) is 5.92 Å². The van der Waals surface area contributed by atoms with Crippen molar-refractivity contribution in [3.8, 4) is 0 Å². The molecule has 1 aliphatic rings. The molecule has 0 radical (unpaired) electrons. The molecule has 1 atom stereocenters. The molecule has 1 fully saturated rings. The van der Waals surface area contributed by atoms with E-state index >= 15 is 0 Å². The summed E-state index contributed by atoms with van der Waals surface area (Å²) >= 11 is 0. The Morgan fingerprint density at radius 2 is 1.93 bits per heavy atom. The Bertz CT molecular complexity index is 861. The van der Waals surface area contributed by atoms with Gasteiger partial charge in [0.2, 0.25) is 11.8 Å². The van der Waals surface area contributed by atoms with E-state index in [0.29, 0.717) is 17.8 Å². The van der Waals surface area contributed by atoms with Gasteiger partial charge in [0.15, 0.2) is 0 Å². The van der Waals surface area contributed by atoms with Gasteiger partial charge in [-0.25, -0.2) is 4.79 Å². The van der Waals surface area contributed by atoms with Gasteiger partial charge in [0.25, 0.3) is 0 Å². The van der Waals surface area contributed by atoms with Crippen molar-refractivity contribution in [2.75, 3.05) is 23.9 Å². The highest BCUT2D eigenvalue weighted by Gasteiger charge is 2.35. The second-order valence-corrected chi connectivity index (χ2v) is 6.49. The highest BCUT2D eigenvalue weighted by Crippen LogP contribution is 2.27. The third kappa shape index (κ3) is 4.16. The van der Waals surface area contributed by atoms with E-state index in [4.69, 9.17) is 0 Å². The quantitative estimate of drug-likeness (QED) is 0.826. The number of benzene rings is 2. The Hall–Kier alpha value is -3.15. The van der Waals surface area contributed by atoms with E-state index in [2.05, 4.69) is 17.0 Å². The minimum absolute atomic E-state index is 0.0514. The fourth-order valence-electron chi connectivity index (χ4n) is 3.13. The van der Waals surface area contributed by atoms with E-state index < -0.39 is 11.9 Å². The molecule has 2 amide bonds. The summed E-state index contributed by atoms with van der Waals surface area (Å²) in [7, 11) is 1.32. The van der Waals surface area contributed by atoms with Gasteiger partial charge in [-0.05, 0) is 48.4 Å². The van der Waals surface area contributed by atoms with E-state index in [1.807, 2.05) is 24.3 Å². The number of methoxy groups -OCH3 is 1. The maximum atomic E-state index is 12.6. The maximum absolute atomic E-state index is 12.6. The van der Waals surface area contributed by atoms with Crippen molar-refractivity contribution in [2.24, 2.45) is 5.92 Å². The number of anilines is 2. The molecule has 6 nitrogen and oxygen atoms in total. The molecule has 6 heteroatoms. The Balaban J connectivity index is 1.66. The number of amides is 2. The third-order valence-electron chi connectivity index (χ3n) is 4.70. The summed E-state index contributed by atoms with van der Waals surface area (Å²) < 4.78 is 4.65. The summed E-state index contributed by atoms with van der Waals surface area (Å²) in [5, 5.41) is 2.81. The van der Waals surface area contributed by atoms with Crippen molar-refractivity contribution in [1.82, 2.24) is 0 Å². The molecule has 2 aromatic rings. The Morgan fingerprint density at radius 3 is 2.59 bits per heavy atom. The fraction of sp³-hybridized carbons (Fsp3) is 0.286. The van der Waals surface area contributed by atoms with Gasteiger partial charge in [-0.2, -0.15) is 0 Å². The zero-order chi connectivity index (χ0) is 19.4. The number of esters is 1. The number of carbonyl (C=O) groups excluding carboxylic acids is 3.